The first-order valence-corrected chi connectivity index (χ1v) is 5.74. The van der Waals surface area contributed by atoms with Crippen LogP contribution in [0.2, 0.25) is 0 Å². The molecule has 7 nitrogen and oxygen atoms in total. The summed E-state index contributed by atoms with van der Waals surface area (Å²) in [7, 11) is 0. The number of aldehydes is 1. The Labute approximate surface area is 118 Å². The van der Waals surface area contributed by atoms with Crippen LogP contribution in [0, 0.1) is 10.1 Å². The van der Waals surface area contributed by atoms with Crippen LogP contribution in [0.25, 0.3) is 11.1 Å². The number of phenols is 1. The summed E-state index contributed by atoms with van der Waals surface area (Å²) in [5.41, 5.74) is -0.183. The van der Waals surface area contributed by atoms with Crippen LogP contribution in [-0.4, -0.2) is 27.4 Å². The highest BCUT2D eigenvalue weighted by Crippen LogP contribution is 2.34. The molecular formula is C14H9NO6. The summed E-state index contributed by atoms with van der Waals surface area (Å²) in [6.07, 6.45) is 0.298. The lowest BCUT2D eigenvalue weighted by Gasteiger charge is -2.06. The fraction of sp³-hybridized carbons (Fsp3) is 0. The number of phenolic OH excluding ortho intramolecular Hbond substituents is 1. The van der Waals surface area contributed by atoms with Crippen LogP contribution in [0.4, 0.5) is 5.69 Å². The first-order valence-electron chi connectivity index (χ1n) is 5.74. The van der Waals surface area contributed by atoms with Gasteiger partial charge in [-0.15, -0.1) is 0 Å². The molecule has 0 radical (unpaired) electrons. The van der Waals surface area contributed by atoms with E-state index in [4.69, 9.17) is 5.11 Å². The third kappa shape index (κ3) is 2.71. The van der Waals surface area contributed by atoms with Gasteiger partial charge in [-0.05, 0) is 29.3 Å². The Morgan fingerprint density at radius 3 is 2.48 bits per heavy atom. The number of hydrogen-bond donors (Lipinski definition) is 2. The Bertz CT molecular complexity index is 753. The standard InChI is InChI=1S/C14H9NO6/c16-7-11-5-10(6-12(13(11)17)15(20)21)8-2-1-3-9(4-8)14(18)19/h1-7,17H,(H,18,19). The molecule has 0 spiro atoms. The quantitative estimate of drug-likeness (QED) is 0.506. The van der Waals surface area contributed by atoms with Gasteiger partial charge in [0.25, 0.3) is 0 Å². The maximum absolute atomic E-state index is 10.9. The van der Waals surface area contributed by atoms with Crippen LogP contribution < -0.4 is 0 Å². The molecule has 21 heavy (non-hydrogen) atoms. The molecule has 0 aliphatic rings. The molecule has 2 N–H and O–H groups in total. The molecule has 0 aromatic heterocycles. The van der Waals surface area contributed by atoms with E-state index in [9.17, 15) is 24.8 Å². The van der Waals surface area contributed by atoms with Crippen molar-refractivity contribution in [3.8, 4) is 16.9 Å². The normalized spacial score (nSPS) is 10.1. The van der Waals surface area contributed by atoms with Crippen LogP contribution in [0.1, 0.15) is 20.7 Å². The van der Waals surface area contributed by atoms with E-state index in [1.165, 1.54) is 24.3 Å². The molecule has 0 atom stereocenters. The number of nitro groups is 1. The molecule has 0 saturated heterocycles. The third-order valence-corrected chi connectivity index (χ3v) is 2.89. The van der Waals surface area contributed by atoms with Crippen molar-refractivity contribution >= 4 is 17.9 Å². The van der Waals surface area contributed by atoms with E-state index in [2.05, 4.69) is 0 Å². The van der Waals surface area contributed by atoms with E-state index >= 15 is 0 Å². The van der Waals surface area contributed by atoms with Crippen molar-refractivity contribution in [2.45, 2.75) is 0 Å². The van der Waals surface area contributed by atoms with Gasteiger partial charge in [-0.2, -0.15) is 0 Å². The van der Waals surface area contributed by atoms with Gasteiger partial charge < -0.3 is 10.2 Å². The van der Waals surface area contributed by atoms with Gasteiger partial charge in [-0.3, -0.25) is 14.9 Å². The summed E-state index contributed by atoms with van der Waals surface area (Å²) in [4.78, 5) is 31.9. The number of benzene rings is 2. The van der Waals surface area contributed by atoms with Crippen molar-refractivity contribution in [3.63, 3.8) is 0 Å². The largest absolute Gasteiger partial charge is 0.502 e. The monoisotopic (exact) mass is 287 g/mol. The molecule has 2 rings (SSSR count). The van der Waals surface area contributed by atoms with Gasteiger partial charge in [0.05, 0.1) is 16.1 Å². The second-order valence-corrected chi connectivity index (χ2v) is 4.19. The average molecular weight is 287 g/mol. The SMILES string of the molecule is O=Cc1cc(-c2cccc(C(=O)O)c2)cc([N+](=O)[O-])c1O. The molecule has 0 bridgehead atoms. The predicted molar refractivity (Wildman–Crippen MR) is 72.5 cm³/mol. The molecule has 0 heterocycles. The van der Waals surface area contributed by atoms with Crippen molar-refractivity contribution in [2.24, 2.45) is 0 Å². The zero-order valence-corrected chi connectivity index (χ0v) is 10.5. The molecule has 0 unspecified atom stereocenters. The summed E-state index contributed by atoms with van der Waals surface area (Å²) in [6, 6.07) is 8.09. The molecule has 0 aliphatic heterocycles. The Balaban J connectivity index is 2.66. The smallest absolute Gasteiger partial charge is 0.335 e. The second-order valence-electron chi connectivity index (χ2n) is 4.19. The molecule has 2 aromatic carbocycles. The predicted octanol–water partition coefficient (Wildman–Crippen LogP) is 2.48. The highest BCUT2D eigenvalue weighted by atomic mass is 16.6. The molecule has 0 saturated carbocycles. The lowest BCUT2D eigenvalue weighted by atomic mass is 10.00. The molecule has 7 heteroatoms. The number of nitro benzene ring substituents is 1. The zero-order chi connectivity index (χ0) is 15.6. The van der Waals surface area contributed by atoms with Crippen LogP contribution in [0.5, 0.6) is 5.75 Å². The first kappa shape index (κ1) is 14.2. The van der Waals surface area contributed by atoms with Gasteiger partial charge in [-0.25, -0.2) is 4.79 Å². The maximum Gasteiger partial charge on any atom is 0.335 e. The van der Waals surface area contributed by atoms with Crippen molar-refractivity contribution in [1.29, 1.82) is 0 Å². The van der Waals surface area contributed by atoms with Crippen molar-refractivity contribution in [2.75, 3.05) is 0 Å². The van der Waals surface area contributed by atoms with Gasteiger partial charge in [0.2, 0.25) is 5.75 Å². The summed E-state index contributed by atoms with van der Waals surface area (Å²) in [5.74, 6) is -1.85. The molecular weight excluding hydrogens is 278 g/mol. The van der Waals surface area contributed by atoms with Gasteiger partial charge >= 0.3 is 11.7 Å². The van der Waals surface area contributed by atoms with E-state index in [1.807, 2.05) is 0 Å². The number of carboxylic acids is 1. The third-order valence-electron chi connectivity index (χ3n) is 2.89. The molecule has 106 valence electrons. The van der Waals surface area contributed by atoms with E-state index in [-0.39, 0.29) is 16.7 Å². The van der Waals surface area contributed by atoms with E-state index in [0.29, 0.717) is 11.8 Å². The number of rotatable bonds is 4. The molecule has 2 aromatic rings. The topological polar surface area (TPSA) is 118 Å². The van der Waals surface area contributed by atoms with Crippen LogP contribution in [0.3, 0.4) is 0 Å². The van der Waals surface area contributed by atoms with Gasteiger partial charge in [0.1, 0.15) is 0 Å². The highest BCUT2D eigenvalue weighted by molar-refractivity contribution is 5.91. The Hall–Kier alpha value is -3.22. The van der Waals surface area contributed by atoms with Gasteiger partial charge in [-0.1, -0.05) is 12.1 Å². The summed E-state index contributed by atoms with van der Waals surface area (Å²) in [5, 5.41) is 29.4. The van der Waals surface area contributed by atoms with Crippen LogP contribution in [0.15, 0.2) is 36.4 Å². The minimum atomic E-state index is -1.14. The number of nitrogens with zero attached hydrogens (tertiary/aromatic N) is 1. The Kier molecular flexibility index (Phi) is 3.66. The molecule has 0 amide bonds. The molecule has 0 fully saturated rings. The number of carbonyl (C=O) groups is 2. The van der Waals surface area contributed by atoms with Gasteiger partial charge in [0, 0.05) is 6.07 Å². The average Bonchev–Trinajstić information content (AvgIpc) is 2.47. The lowest BCUT2D eigenvalue weighted by Crippen LogP contribution is -1.97. The van der Waals surface area contributed by atoms with E-state index in [0.717, 1.165) is 6.07 Å². The lowest BCUT2D eigenvalue weighted by molar-refractivity contribution is -0.385. The van der Waals surface area contributed by atoms with Crippen LogP contribution in [-0.2, 0) is 0 Å². The Morgan fingerprint density at radius 1 is 1.19 bits per heavy atom. The minimum Gasteiger partial charge on any atom is -0.502 e. The summed E-state index contributed by atoms with van der Waals surface area (Å²) < 4.78 is 0. The minimum absolute atomic E-state index is 0.0101. The Morgan fingerprint density at radius 2 is 1.90 bits per heavy atom. The second kappa shape index (κ2) is 5.41. The number of aromatic hydroxyl groups is 1. The number of hydrogen-bond acceptors (Lipinski definition) is 5. The summed E-state index contributed by atoms with van der Waals surface area (Å²) in [6.45, 7) is 0. The van der Waals surface area contributed by atoms with Crippen molar-refractivity contribution < 1.29 is 24.7 Å². The van der Waals surface area contributed by atoms with Crippen LogP contribution >= 0.6 is 0 Å². The number of aromatic carboxylic acids is 1. The first-order chi connectivity index (χ1) is 9.93. The molecule has 0 aliphatic carbocycles. The fourth-order valence-electron chi connectivity index (χ4n) is 1.87. The van der Waals surface area contributed by atoms with Crippen molar-refractivity contribution in [1.82, 2.24) is 0 Å². The maximum atomic E-state index is 10.9. The van der Waals surface area contributed by atoms with Gasteiger partial charge in [0.15, 0.2) is 6.29 Å². The zero-order valence-electron chi connectivity index (χ0n) is 10.5. The fourth-order valence-corrected chi connectivity index (χ4v) is 1.87. The highest BCUT2D eigenvalue weighted by Gasteiger charge is 2.19. The van der Waals surface area contributed by atoms with Crippen molar-refractivity contribution in [3.05, 3.63) is 57.6 Å². The number of carboxylic acid groups (broad SMARTS) is 1. The summed E-state index contributed by atoms with van der Waals surface area (Å²) >= 11 is 0. The van der Waals surface area contributed by atoms with E-state index < -0.39 is 22.3 Å². The van der Waals surface area contributed by atoms with E-state index in [1.54, 1.807) is 6.07 Å². The number of carbonyl (C=O) groups excluding carboxylic acids is 1.